The van der Waals surface area contributed by atoms with E-state index in [1.165, 1.54) is 0 Å². The number of carboxylic acid groups (broad SMARTS) is 1. The zero-order chi connectivity index (χ0) is 10.3. The van der Waals surface area contributed by atoms with Crippen molar-refractivity contribution in [3.8, 4) is 0 Å². The van der Waals surface area contributed by atoms with E-state index in [9.17, 15) is 9.59 Å². The number of likely N-dealkylation sites (tertiary alicyclic amines) is 1. The molecule has 1 aliphatic heterocycles. The summed E-state index contributed by atoms with van der Waals surface area (Å²) < 4.78 is 0. The van der Waals surface area contributed by atoms with E-state index >= 15 is 0 Å². The molecule has 1 aliphatic carbocycles. The lowest BCUT2D eigenvalue weighted by atomic mass is 10.0. The van der Waals surface area contributed by atoms with E-state index in [0.29, 0.717) is 25.0 Å². The third-order valence-electron chi connectivity index (χ3n) is 2.94. The molecule has 0 aromatic heterocycles. The van der Waals surface area contributed by atoms with E-state index < -0.39 is 5.97 Å². The Bertz CT molecular complexity index is 273. The first-order valence-electron chi connectivity index (χ1n) is 4.86. The van der Waals surface area contributed by atoms with E-state index in [1.54, 1.807) is 4.90 Å². The van der Waals surface area contributed by atoms with Gasteiger partial charge >= 0.3 is 12.0 Å². The van der Waals surface area contributed by atoms with Crippen molar-refractivity contribution in [2.45, 2.75) is 19.4 Å². The summed E-state index contributed by atoms with van der Waals surface area (Å²) >= 11 is 0. The molecule has 2 atom stereocenters. The third kappa shape index (κ3) is 1.66. The van der Waals surface area contributed by atoms with E-state index in [0.717, 1.165) is 6.42 Å². The van der Waals surface area contributed by atoms with Gasteiger partial charge in [0.15, 0.2) is 0 Å². The number of urea groups is 1. The van der Waals surface area contributed by atoms with Crippen molar-refractivity contribution in [3.05, 3.63) is 0 Å². The van der Waals surface area contributed by atoms with Crippen LogP contribution in [0.4, 0.5) is 4.79 Å². The van der Waals surface area contributed by atoms with E-state index in [4.69, 9.17) is 5.11 Å². The fourth-order valence-corrected chi connectivity index (χ4v) is 1.57. The average molecular weight is 198 g/mol. The molecule has 2 N–H and O–H groups in total. The van der Waals surface area contributed by atoms with Crippen molar-refractivity contribution in [3.63, 3.8) is 0 Å². The highest BCUT2D eigenvalue weighted by atomic mass is 16.4. The van der Waals surface area contributed by atoms with Gasteiger partial charge in [0.05, 0.1) is 5.92 Å². The summed E-state index contributed by atoms with van der Waals surface area (Å²) in [5.41, 5.74) is 0. The summed E-state index contributed by atoms with van der Waals surface area (Å²) in [6.07, 6.45) is 1.04. The van der Waals surface area contributed by atoms with Crippen LogP contribution >= 0.6 is 0 Å². The van der Waals surface area contributed by atoms with Crippen LogP contribution in [0.15, 0.2) is 0 Å². The van der Waals surface area contributed by atoms with Gasteiger partial charge in [-0.2, -0.15) is 0 Å². The highest BCUT2D eigenvalue weighted by molar-refractivity contribution is 5.80. The minimum Gasteiger partial charge on any atom is -0.481 e. The standard InChI is InChI=1S/C9H14N2O3/c1-5-2-7(5)10-9(14)11-3-6(4-11)8(12)13/h5-7H,2-4H2,1H3,(H,10,14)(H,12,13). The Labute approximate surface area is 82.1 Å². The van der Waals surface area contributed by atoms with Crippen molar-refractivity contribution >= 4 is 12.0 Å². The minimum atomic E-state index is -0.811. The van der Waals surface area contributed by atoms with Crippen LogP contribution in [0.25, 0.3) is 0 Å². The molecule has 14 heavy (non-hydrogen) atoms. The Hall–Kier alpha value is -1.26. The fraction of sp³-hybridized carbons (Fsp3) is 0.778. The summed E-state index contributed by atoms with van der Waals surface area (Å²) in [6, 6.07) is 0.197. The lowest BCUT2D eigenvalue weighted by Gasteiger charge is -2.36. The molecule has 5 heteroatoms. The third-order valence-corrected chi connectivity index (χ3v) is 2.94. The average Bonchev–Trinajstić information content (AvgIpc) is 2.61. The van der Waals surface area contributed by atoms with Gasteiger partial charge in [-0.1, -0.05) is 6.92 Å². The predicted octanol–water partition coefficient (Wildman–Crippen LogP) is 0.121. The molecule has 2 rings (SSSR count). The Morgan fingerprint density at radius 2 is 2.00 bits per heavy atom. The number of nitrogens with zero attached hydrogens (tertiary/aromatic N) is 1. The summed E-state index contributed by atoms with van der Waals surface area (Å²) in [7, 11) is 0. The minimum absolute atomic E-state index is 0.114. The molecule has 2 aliphatic rings. The van der Waals surface area contributed by atoms with Gasteiger partial charge in [0.1, 0.15) is 0 Å². The molecule has 1 heterocycles. The van der Waals surface area contributed by atoms with Crippen LogP contribution in [0.2, 0.25) is 0 Å². The SMILES string of the molecule is CC1CC1NC(=O)N1CC(C(=O)O)C1. The van der Waals surface area contributed by atoms with Crippen LogP contribution in [0.1, 0.15) is 13.3 Å². The highest BCUT2D eigenvalue weighted by Crippen LogP contribution is 2.29. The number of carbonyl (C=O) groups is 2. The number of nitrogens with one attached hydrogen (secondary N) is 1. The lowest BCUT2D eigenvalue weighted by molar-refractivity contribution is -0.146. The van der Waals surface area contributed by atoms with Crippen molar-refractivity contribution in [2.75, 3.05) is 13.1 Å². The molecule has 0 aromatic carbocycles. The van der Waals surface area contributed by atoms with Gasteiger partial charge in [-0.15, -0.1) is 0 Å². The zero-order valence-corrected chi connectivity index (χ0v) is 8.06. The van der Waals surface area contributed by atoms with Crippen LogP contribution in [-0.2, 0) is 4.79 Å². The number of hydrogen-bond acceptors (Lipinski definition) is 2. The Morgan fingerprint density at radius 3 is 2.43 bits per heavy atom. The molecular formula is C9H14N2O3. The molecule has 0 spiro atoms. The monoisotopic (exact) mass is 198 g/mol. The summed E-state index contributed by atoms with van der Waals surface area (Å²) in [4.78, 5) is 23.4. The maximum atomic E-state index is 11.4. The van der Waals surface area contributed by atoms with Crippen molar-refractivity contribution in [1.82, 2.24) is 10.2 Å². The number of aliphatic carboxylic acids is 1. The molecule has 5 nitrogen and oxygen atoms in total. The van der Waals surface area contributed by atoms with Crippen LogP contribution < -0.4 is 5.32 Å². The summed E-state index contributed by atoms with van der Waals surface area (Å²) in [6.45, 7) is 2.78. The van der Waals surface area contributed by atoms with E-state index in [1.807, 2.05) is 0 Å². The normalized spacial score (nSPS) is 30.8. The van der Waals surface area contributed by atoms with Gasteiger partial charge in [0, 0.05) is 19.1 Å². The van der Waals surface area contributed by atoms with Gasteiger partial charge in [-0.3, -0.25) is 4.79 Å². The second-order valence-electron chi connectivity index (χ2n) is 4.21. The van der Waals surface area contributed by atoms with E-state index in [-0.39, 0.29) is 11.9 Å². The molecule has 0 radical (unpaired) electrons. The van der Waals surface area contributed by atoms with Gasteiger partial charge < -0.3 is 15.3 Å². The highest BCUT2D eigenvalue weighted by Gasteiger charge is 2.39. The summed E-state index contributed by atoms with van der Waals surface area (Å²) in [5.74, 6) is -0.596. The topological polar surface area (TPSA) is 69.6 Å². The molecule has 2 unspecified atom stereocenters. The largest absolute Gasteiger partial charge is 0.481 e. The fourth-order valence-electron chi connectivity index (χ4n) is 1.57. The van der Waals surface area contributed by atoms with Crippen LogP contribution in [-0.4, -0.2) is 41.1 Å². The molecule has 2 fully saturated rings. The summed E-state index contributed by atoms with van der Waals surface area (Å²) in [5, 5.41) is 11.5. The number of carbonyl (C=O) groups excluding carboxylic acids is 1. The van der Waals surface area contributed by atoms with Gasteiger partial charge in [0.25, 0.3) is 0 Å². The number of rotatable bonds is 2. The molecule has 1 saturated heterocycles. The first-order chi connectivity index (χ1) is 6.58. The van der Waals surface area contributed by atoms with Gasteiger partial charge in [-0.25, -0.2) is 4.79 Å². The molecule has 1 saturated carbocycles. The number of carboxylic acids is 1. The zero-order valence-electron chi connectivity index (χ0n) is 8.06. The van der Waals surface area contributed by atoms with Crippen molar-refractivity contribution in [1.29, 1.82) is 0 Å². The second-order valence-corrected chi connectivity index (χ2v) is 4.21. The van der Waals surface area contributed by atoms with Gasteiger partial charge in [-0.05, 0) is 12.3 Å². The number of hydrogen-bond donors (Lipinski definition) is 2. The predicted molar refractivity (Wildman–Crippen MR) is 48.8 cm³/mol. The lowest BCUT2D eigenvalue weighted by Crippen LogP contribution is -2.56. The Balaban J connectivity index is 1.71. The van der Waals surface area contributed by atoms with Crippen LogP contribution in [0.5, 0.6) is 0 Å². The van der Waals surface area contributed by atoms with Crippen molar-refractivity contribution < 1.29 is 14.7 Å². The van der Waals surface area contributed by atoms with Crippen molar-refractivity contribution in [2.24, 2.45) is 11.8 Å². The Kier molecular flexibility index (Phi) is 2.09. The maximum absolute atomic E-state index is 11.4. The molecular weight excluding hydrogens is 184 g/mol. The molecule has 2 amide bonds. The first kappa shape index (κ1) is 9.30. The van der Waals surface area contributed by atoms with Gasteiger partial charge in [0.2, 0.25) is 0 Å². The maximum Gasteiger partial charge on any atom is 0.317 e. The molecule has 0 bridgehead atoms. The Morgan fingerprint density at radius 1 is 1.43 bits per heavy atom. The first-order valence-corrected chi connectivity index (χ1v) is 4.86. The number of amides is 2. The molecule has 78 valence electrons. The van der Waals surface area contributed by atoms with Crippen LogP contribution in [0, 0.1) is 11.8 Å². The molecule has 0 aromatic rings. The quantitative estimate of drug-likeness (QED) is 0.662. The smallest absolute Gasteiger partial charge is 0.317 e. The second kappa shape index (κ2) is 3.15. The van der Waals surface area contributed by atoms with E-state index in [2.05, 4.69) is 12.2 Å². The van der Waals surface area contributed by atoms with Crippen LogP contribution in [0.3, 0.4) is 0 Å².